The second kappa shape index (κ2) is 14.8. The Morgan fingerprint density at radius 2 is 1.80 bits per heavy atom. The molecule has 2 amide bonds. The Bertz CT molecular complexity index is 2660. The van der Waals surface area contributed by atoms with Gasteiger partial charge in [-0.25, -0.2) is 4.98 Å². The SMILES string of the molecule is Cc1c(C#Cc2cnn(CCCCCc3cccc4nc(C)n([C@H]5CCC(=O)NC5=O)c(=O)c34)c2)sc2c1C(c1ccc(Cl)cc1)=N[C@@H](C)c1nnc(C)n1-2. The van der Waals surface area contributed by atoms with E-state index in [1.54, 1.807) is 24.5 Å². The van der Waals surface area contributed by atoms with Crippen LogP contribution in [0.4, 0.5) is 0 Å². The monoisotopic (exact) mass is 771 g/mol. The molecule has 278 valence electrons. The Balaban J connectivity index is 0.951. The average Bonchev–Trinajstić information content (AvgIpc) is 3.85. The van der Waals surface area contributed by atoms with Gasteiger partial charge >= 0.3 is 0 Å². The molecular weight excluding hydrogens is 734 g/mol. The maximum Gasteiger partial charge on any atom is 0.262 e. The highest BCUT2D eigenvalue weighted by atomic mass is 35.5. The van der Waals surface area contributed by atoms with Crippen LogP contribution >= 0.6 is 22.9 Å². The minimum Gasteiger partial charge on any atom is -0.295 e. The van der Waals surface area contributed by atoms with Gasteiger partial charge in [-0.3, -0.25) is 38.5 Å². The third kappa shape index (κ3) is 6.92. The highest BCUT2D eigenvalue weighted by Gasteiger charge is 2.32. The molecule has 6 aromatic rings. The lowest BCUT2D eigenvalue weighted by Crippen LogP contribution is -2.45. The first-order valence-electron chi connectivity index (χ1n) is 18.4. The zero-order valence-electron chi connectivity index (χ0n) is 30.9. The number of aliphatic imine (C=N–C) groups is 1. The van der Waals surface area contributed by atoms with E-state index in [4.69, 9.17) is 16.6 Å². The first-order valence-corrected chi connectivity index (χ1v) is 19.6. The molecule has 0 bridgehead atoms. The molecule has 0 saturated carbocycles. The van der Waals surface area contributed by atoms with Crippen LogP contribution in [0.15, 0.2) is 64.6 Å². The number of fused-ring (bicyclic) bond motifs is 4. The van der Waals surface area contributed by atoms with Gasteiger partial charge < -0.3 is 0 Å². The number of amides is 2. The van der Waals surface area contributed by atoms with E-state index in [1.165, 1.54) is 4.57 Å². The van der Waals surface area contributed by atoms with E-state index < -0.39 is 11.9 Å². The summed E-state index contributed by atoms with van der Waals surface area (Å²) < 4.78 is 5.47. The van der Waals surface area contributed by atoms with E-state index in [0.29, 0.717) is 28.2 Å². The van der Waals surface area contributed by atoms with Crippen LogP contribution in [0.25, 0.3) is 15.9 Å². The third-order valence-corrected chi connectivity index (χ3v) is 11.7. The summed E-state index contributed by atoms with van der Waals surface area (Å²) in [7, 11) is 0. The average molecular weight is 772 g/mol. The molecule has 2 aliphatic rings. The number of carbonyl (C=O) groups is 2. The lowest BCUT2D eigenvalue weighted by molar-refractivity contribution is -0.135. The van der Waals surface area contributed by atoms with Crippen molar-refractivity contribution < 1.29 is 9.59 Å². The maximum absolute atomic E-state index is 13.8. The van der Waals surface area contributed by atoms with E-state index >= 15 is 0 Å². The summed E-state index contributed by atoms with van der Waals surface area (Å²) >= 11 is 7.85. The zero-order valence-corrected chi connectivity index (χ0v) is 32.5. The predicted octanol–water partition coefficient (Wildman–Crippen LogP) is 6.52. The van der Waals surface area contributed by atoms with Crippen LogP contribution in [0.2, 0.25) is 5.02 Å². The van der Waals surface area contributed by atoms with Gasteiger partial charge in [-0.2, -0.15) is 5.10 Å². The Morgan fingerprint density at radius 3 is 2.60 bits per heavy atom. The van der Waals surface area contributed by atoms with Gasteiger partial charge in [-0.15, -0.1) is 21.5 Å². The summed E-state index contributed by atoms with van der Waals surface area (Å²) in [6, 6.07) is 12.5. The summed E-state index contributed by atoms with van der Waals surface area (Å²) in [5.41, 5.74) is 6.05. The second-order valence-electron chi connectivity index (χ2n) is 14.0. The van der Waals surface area contributed by atoms with Crippen molar-refractivity contribution in [3.8, 4) is 16.8 Å². The number of rotatable bonds is 8. The van der Waals surface area contributed by atoms with Crippen molar-refractivity contribution in [2.45, 2.75) is 84.8 Å². The second-order valence-corrected chi connectivity index (χ2v) is 15.4. The van der Waals surface area contributed by atoms with Crippen LogP contribution in [0.5, 0.6) is 0 Å². The van der Waals surface area contributed by atoms with E-state index in [2.05, 4.69) is 48.9 Å². The molecule has 2 atom stereocenters. The first kappa shape index (κ1) is 36.3. The highest BCUT2D eigenvalue weighted by molar-refractivity contribution is 7.15. The summed E-state index contributed by atoms with van der Waals surface area (Å²) in [5.74, 6) is 8.02. The van der Waals surface area contributed by atoms with Crippen molar-refractivity contribution in [1.82, 2.24) is 39.4 Å². The van der Waals surface area contributed by atoms with Gasteiger partial charge in [0.2, 0.25) is 11.8 Å². The standard InChI is InChI=1S/C41H38ClN9O3S/c1-23-33(55-41-35(23)37(29-13-15-30(42)16-14-29)44-24(2)38-48-47-26(4)51(38)41)18-12-27-21-43-49(22-27)20-7-5-6-9-28-10-8-11-31-36(28)40(54)50(25(3)45-31)32-17-19-34(52)46-39(32)53/h8,10-11,13-16,21-22,24,32H,5-7,9,17,19-20H2,1-4H3,(H,46,52,53)/t24-,32-/m0/s1. The van der Waals surface area contributed by atoms with Crippen molar-refractivity contribution >= 4 is 51.4 Å². The number of hydrogen-bond donors (Lipinski definition) is 1. The molecule has 1 N–H and O–H groups in total. The lowest BCUT2D eigenvalue weighted by atomic mass is 9.99. The molecule has 1 saturated heterocycles. The predicted molar refractivity (Wildman–Crippen MR) is 212 cm³/mol. The summed E-state index contributed by atoms with van der Waals surface area (Å²) in [4.78, 5) is 48.8. The molecule has 55 heavy (non-hydrogen) atoms. The number of nitrogens with zero attached hydrogens (tertiary/aromatic N) is 8. The molecule has 0 radical (unpaired) electrons. The van der Waals surface area contributed by atoms with Gasteiger partial charge in [0.1, 0.15) is 28.7 Å². The van der Waals surface area contributed by atoms with E-state index in [0.717, 1.165) is 80.9 Å². The molecule has 12 nitrogen and oxygen atoms in total. The van der Waals surface area contributed by atoms with Gasteiger partial charge in [0.05, 0.1) is 33.3 Å². The normalized spacial score (nSPS) is 16.6. The summed E-state index contributed by atoms with van der Waals surface area (Å²) in [6.07, 6.45) is 7.64. The van der Waals surface area contributed by atoms with Gasteiger partial charge in [-0.05, 0) is 82.7 Å². The zero-order chi connectivity index (χ0) is 38.4. The molecule has 2 aliphatic heterocycles. The number of aromatic nitrogens is 7. The number of hydrogen-bond acceptors (Lipinski definition) is 9. The van der Waals surface area contributed by atoms with Gasteiger partial charge in [0.15, 0.2) is 5.82 Å². The quantitative estimate of drug-likeness (QED) is 0.106. The van der Waals surface area contributed by atoms with Crippen LogP contribution in [0.1, 0.15) is 101 Å². The molecule has 14 heteroatoms. The van der Waals surface area contributed by atoms with E-state index in [-0.39, 0.29) is 30.3 Å². The summed E-state index contributed by atoms with van der Waals surface area (Å²) in [6.45, 7) is 8.55. The smallest absolute Gasteiger partial charge is 0.262 e. The van der Waals surface area contributed by atoms with Crippen molar-refractivity contribution in [2.24, 2.45) is 4.99 Å². The minimum atomic E-state index is -0.748. The topological polar surface area (TPSA) is 142 Å². The molecule has 1 fully saturated rings. The van der Waals surface area contributed by atoms with Crippen LogP contribution < -0.4 is 10.9 Å². The number of aryl methyl sites for hydroxylation is 4. The van der Waals surface area contributed by atoms with Gasteiger partial charge in [0, 0.05) is 35.3 Å². The Morgan fingerprint density at radius 1 is 0.982 bits per heavy atom. The number of halogens is 1. The Kier molecular flexibility index (Phi) is 9.79. The van der Waals surface area contributed by atoms with Crippen molar-refractivity contribution in [1.29, 1.82) is 0 Å². The first-order chi connectivity index (χ1) is 26.6. The number of unbranched alkanes of at least 4 members (excludes halogenated alkanes) is 2. The molecule has 0 unspecified atom stereocenters. The largest absolute Gasteiger partial charge is 0.295 e. The molecule has 8 rings (SSSR count). The maximum atomic E-state index is 13.8. The van der Waals surface area contributed by atoms with Crippen molar-refractivity contribution in [3.63, 3.8) is 0 Å². The van der Waals surface area contributed by atoms with Crippen LogP contribution in [-0.4, -0.2) is 51.6 Å². The van der Waals surface area contributed by atoms with Crippen LogP contribution in [-0.2, 0) is 22.6 Å². The molecular formula is C41H38ClN9O3S. The van der Waals surface area contributed by atoms with Crippen molar-refractivity contribution in [3.05, 3.63) is 120 Å². The Hall–Kier alpha value is -5.71. The minimum absolute atomic E-state index is 0.184. The molecule has 6 heterocycles. The molecule has 0 spiro atoms. The van der Waals surface area contributed by atoms with E-state index in [1.807, 2.05) is 67.2 Å². The molecule has 2 aromatic carbocycles. The summed E-state index contributed by atoms with van der Waals surface area (Å²) in [5, 5.41) is 18.0. The fourth-order valence-corrected chi connectivity index (χ4v) is 8.81. The number of imide groups is 1. The van der Waals surface area contributed by atoms with E-state index in [9.17, 15) is 14.4 Å². The van der Waals surface area contributed by atoms with Crippen molar-refractivity contribution in [2.75, 3.05) is 0 Å². The number of thiophene rings is 1. The fraction of sp³-hybridized carbons (Fsp3) is 0.317. The number of benzene rings is 2. The number of piperidine rings is 1. The van der Waals surface area contributed by atoms with Crippen LogP contribution in [0.3, 0.4) is 0 Å². The number of nitrogens with one attached hydrogen (secondary N) is 1. The Labute approximate surface area is 326 Å². The fourth-order valence-electron chi connectivity index (χ4n) is 7.47. The number of carbonyl (C=O) groups excluding carboxylic acids is 2. The molecule has 4 aromatic heterocycles. The third-order valence-electron chi connectivity index (χ3n) is 10.2. The van der Waals surface area contributed by atoms with Gasteiger partial charge in [0.25, 0.3) is 5.56 Å². The lowest BCUT2D eigenvalue weighted by Gasteiger charge is -2.24. The van der Waals surface area contributed by atoms with Gasteiger partial charge in [-0.1, -0.05) is 54.1 Å². The highest BCUT2D eigenvalue weighted by Crippen LogP contribution is 2.39. The molecule has 0 aliphatic carbocycles. The van der Waals surface area contributed by atoms with Crippen LogP contribution in [0, 0.1) is 32.6 Å².